The molecule has 0 heterocycles. The molecule has 0 fully saturated rings. The molecule has 0 aromatic rings. The lowest BCUT2D eigenvalue weighted by atomic mass is 10.0. The van der Waals surface area contributed by atoms with Crippen LogP contribution in [0.4, 0.5) is 0 Å². The van der Waals surface area contributed by atoms with Crippen LogP contribution in [0.2, 0.25) is 0 Å². The molecule has 48 heavy (non-hydrogen) atoms. The number of esters is 2. The van der Waals surface area contributed by atoms with Crippen LogP contribution in [0, 0.1) is 0 Å². The summed E-state index contributed by atoms with van der Waals surface area (Å²) in [5.74, 6) is -0.901. The van der Waals surface area contributed by atoms with Crippen LogP contribution in [0.5, 0.6) is 0 Å². The van der Waals surface area contributed by atoms with Gasteiger partial charge in [0, 0.05) is 12.8 Å². The van der Waals surface area contributed by atoms with E-state index < -0.39 is 32.5 Å². The molecule has 8 nitrogen and oxygen atoms in total. The largest absolute Gasteiger partial charge is 0.469 e. The lowest BCUT2D eigenvalue weighted by Crippen LogP contribution is -2.29. The van der Waals surface area contributed by atoms with Gasteiger partial charge < -0.3 is 19.3 Å². The number of phosphoric ester groups is 1. The Hall–Kier alpha value is -1.73. The topological polar surface area (TPSA) is 119 Å². The van der Waals surface area contributed by atoms with Gasteiger partial charge in [0.2, 0.25) is 0 Å². The fourth-order valence-corrected chi connectivity index (χ4v) is 5.69. The lowest BCUT2D eigenvalue weighted by Gasteiger charge is -2.18. The molecule has 1 atom stereocenters. The van der Waals surface area contributed by atoms with Crippen LogP contribution in [-0.2, 0) is 28.2 Å². The molecule has 9 heteroatoms. The van der Waals surface area contributed by atoms with Crippen LogP contribution in [0.3, 0.4) is 0 Å². The zero-order chi connectivity index (χ0) is 35.4. The first-order valence-electron chi connectivity index (χ1n) is 19.3. The molecule has 0 unspecified atom stereocenters. The Bertz CT molecular complexity index is 879. The summed E-state index contributed by atoms with van der Waals surface area (Å²) in [7, 11) is -4.75. The number of allylic oxidation sites excluding steroid dienone is 6. The average molecular weight is 699 g/mol. The molecule has 2 N–H and O–H groups in total. The van der Waals surface area contributed by atoms with Gasteiger partial charge in [-0.05, 0) is 44.9 Å². The number of ether oxygens (including phenoxy) is 2. The van der Waals surface area contributed by atoms with Gasteiger partial charge in [0.1, 0.15) is 6.61 Å². The van der Waals surface area contributed by atoms with Crippen molar-refractivity contribution in [2.45, 2.75) is 187 Å². The minimum absolute atomic E-state index is 0.194. The summed E-state index contributed by atoms with van der Waals surface area (Å²) in [4.78, 5) is 42.7. The highest BCUT2D eigenvalue weighted by atomic mass is 31.2. The quantitative estimate of drug-likeness (QED) is 0.0290. The van der Waals surface area contributed by atoms with Gasteiger partial charge in [0.25, 0.3) is 0 Å². The van der Waals surface area contributed by atoms with E-state index in [-0.39, 0.29) is 19.4 Å². The Balaban J connectivity index is 3.97. The van der Waals surface area contributed by atoms with Crippen molar-refractivity contribution in [3.63, 3.8) is 0 Å². The first kappa shape index (κ1) is 46.3. The number of phosphoric acid groups is 1. The number of rotatable bonds is 35. The second-order valence-corrected chi connectivity index (χ2v) is 14.1. The van der Waals surface area contributed by atoms with Crippen molar-refractivity contribution in [3.05, 3.63) is 36.5 Å². The zero-order valence-corrected chi connectivity index (χ0v) is 31.5. The Morgan fingerprint density at radius 2 is 1.00 bits per heavy atom. The van der Waals surface area contributed by atoms with Crippen molar-refractivity contribution in [2.24, 2.45) is 0 Å². The van der Waals surface area contributed by atoms with Crippen molar-refractivity contribution in [3.8, 4) is 0 Å². The standard InChI is InChI=1S/C39H71O8P/c1-3-5-7-9-11-13-15-17-19-21-23-25-27-29-31-33-38(40)45-35-37(36-46-48(42,43)44)47-39(41)34-32-30-28-26-24-22-20-18-16-14-12-10-8-6-4-2/h6,8,12,14,18,20,37H,3-5,7,9-11,13,15-17,19,21-36H2,1-2H3,(H2,42,43,44)/b8-6-,14-12-,20-18-/t37-/m1/s1. The summed E-state index contributed by atoms with van der Waals surface area (Å²) in [5, 5.41) is 0. The third-order valence-corrected chi connectivity index (χ3v) is 8.66. The summed E-state index contributed by atoms with van der Waals surface area (Å²) in [6.07, 6.45) is 40.0. The van der Waals surface area contributed by atoms with E-state index in [1.165, 1.54) is 77.0 Å². The molecule has 0 aliphatic rings. The minimum Gasteiger partial charge on any atom is -0.462 e. The van der Waals surface area contributed by atoms with E-state index in [2.05, 4.69) is 54.8 Å². The van der Waals surface area contributed by atoms with Gasteiger partial charge in [-0.1, -0.05) is 159 Å². The predicted octanol–water partition coefficient (Wildman–Crippen LogP) is 11.4. The van der Waals surface area contributed by atoms with Crippen LogP contribution in [0.25, 0.3) is 0 Å². The molecule has 0 radical (unpaired) electrons. The third-order valence-electron chi connectivity index (χ3n) is 8.17. The fraction of sp³-hybridized carbons (Fsp3) is 0.795. The van der Waals surface area contributed by atoms with Crippen LogP contribution in [-0.4, -0.2) is 41.0 Å². The highest BCUT2D eigenvalue weighted by Gasteiger charge is 2.22. The molecule has 0 rings (SSSR count). The van der Waals surface area contributed by atoms with Crippen LogP contribution >= 0.6 is 7.82 Å². The molecule has 0 bridgehead atoms. The Morgan fingerprint density at radius 1 is 0.562 bits per heavy atom. The number of hydrogen-bond acceptors (Lipinski definition) is 6. The van der Waals surface area contributed by atoms with E-state index in [0.717, 1.165) is 70.6 Å². The molecule has 0 aromatic heterocycles. The molecule has 0 aliphatic carbocycles. The van der Waals surface area contributed by atoms with Gasteiger partial charge in [-0.25, -0.2) is 4.57 Å². The second-order valence-electron chi connectivity index (χ2n) is 12.9. The molecule has 0 spiro atoms. The third kappa shape index (κ3) is 37.1. The molecule has 0 aliphatic heterocycles. The van der Waals surface area contributed by atoms with Gasteiger partial charge in [-0.3, -0.25) is 14.1 Å². The van der Waals surface area contributed by atoms with Crippen molar-refractivity contribution >= 4 is 19.8 Å². The van der Waals surface area contributed by atoms with Gasteiger partial charge in [-0.2, -0.15) is 0 Å². The smallest absolute Gasteiger partial charge is 0.462 e. The Kier molecular flexibility index (Phi) is 33.8. The van der Waals surface area contributed by atoms with E-state index in [1.54, 1.807) is 0 Å². The number of unbranched alkanes of at least 4 members (excludes halogenated alkanes) is 19. The normalized spacial score (nSPS) is 12.8. The molecule has 0 amide bonds. The molecular weight excluding hydrogens is 627 g/mol. The van der Waals surface area contributed by atoms with Crippen LogP contribution < -0.4 is 0 Å². The SMILES string of the molecule is CC/C=C\C/C=C\C/C=C\CCCCCCCC(=O)O[C@H](COC(=O)CCCCCCCCCCCCCCCCC)COP(=O)(O)O. The highest BCUT2D eigenvalue weighted by molar-refractivity contribution is 7.46. The maximum atomic E-state index is 12.4. The summed E-state index contributed by atoms with van der Waals surface area (Å²) in [6, 6.07) is 0. The van der Waals surface area contributed by atoms with Gasteiger partial charge >= 0.3 is 19.8 Å². The molecule has 280 valence electrons. The van der Waals surface area contributed by atoms with E-state index >= 15 is 0 Å². The van der Waals surface area contributed by atoms with Crippen LogP contribution in [0.15, 0.2) is 36.5 Å². The van der Waals surface area contributed by atoms with Gasteiger partial charge in [0.15, 0.2) is 6.10 Å². The first-order chi connectivity index (χ1) is 23.3. The molecule has 0 aromatic carbocycles. The van der Waals surface area contributed by atoms with Crippen molar-refractivity contribution in [1.29, 1.82) is 0 Å². The highest BCUT2D eigenvalue weighted by Crippen LogP contribution is 2.36. The monoisotopic (exact) mass is 698 g/mol. The van der Waals surface area contributed by atoms with E-state index in [1.807, 2.05) is 0 Å². The summed E-state index contributed by atoms with van der Waals surface area (Å²) in [6.45, 7) is 3.56. The lowest BCUT2D eigenvalue weighted by molar-refractivity contribution is -0.161. The Labute approximate surface area is 293 Å². The van der Waals surface area contributed by atoms with Crippen molar-refractivity contribution < 1.29 is 37.9 Å². The van der Waals surface area contributed by atoms with Crippen LogP contribution in [0.1, 0.15) is 181 Å². The Morgan fingerprint density at radius 3 is 1.50 bits per heavy atom. The average Bonchev–Trinajstić information content (AvgIpc) is 3.05. The summed E-state index contributed by atoms with van der Waals surface area (Å²) < 4.78 is 26.3. The summed E-state index contributed by atoms with van der Waals surface area (Å²) >= 11 is 0. The molecule has 0 saturated carbocycles. The minimum atomic E-state index is -4.75. The molecule has 0 saturated heterocycles. The van der Waals surface area contributed by atoms with E-state index in [0.29, 0.717) is 6.42 Å². The number of carbonyl (C=O) groups excluding carboxylic acids is 2. The molecular formula is C39H71O8P. The van der Waals surface area contributed by atoms with Gasteiger partial charge in [0.05, 0.1) is 6.61 Å². The first-order valence-corrected chi connectivity index (χ1v) is 20.8. The maximum absolute atomic E-state index is 12.4. The maximum Gasteiger partial charge on any atom is 0.469 e. The van der Waals surface area contributed by atoms with Gasteiger partial charge in [-0.15, -0.1) is 0 Å². The fourth-order valence-electron chi connectivity index (χ4n) is 5.33. The number of hydrogen-bond donors (Lipinski definition) is 2. The zero-order valence-electron chi connectivity index (χ0n) is 30.6. The van der Waals surface area contributed by atoms with Crippen molar-refractivity contribution in [1.82, 2.24) is 0 Å². The predicted molar refractivity (Wildman–Crippen MR) is 198 cm³/mol. The van der Waals surface area contributed by atoms with Crippen molar-refractivity contribution in [2.75, 3.05) is 13.2 Å². The van der Waals surface area contributed by atoms with E-state index in [4.69, 9.17) is 19.3 Å². The second kappa shape index (κ2) is 35.1. The summed E-state index contributed by atoms with van der Waals surface area (Å²) in [5.41, 5.74) is 0. The number of carbonyl (C=O) groups is 2. The van der Waals surface area contributed by atoms with E-state index in [9.17, 15) is 14.2 Å².